The van der Waals surface area contributed by atoms with Gasteiger partial charge in [0.2, 0.25) is 0 Å². The number of thiol groups is 1. The van der Waals surface area contributed by atoms with Crippen molar-refractivity contribution in [2.45, 2.75) is 0 Å². The number of benzene rings is 1. The minimum absolute atomic E-state index is 0.104. The quantitative estimate of drug-likeness (QED) is 0.487. The second-order valence-electron chi connectivity index (χ2n) is 3.32. The average Bonchev–Trinajstić information content (AvgIpc) is 2.68. The zero-order valence-corrected chi connectivity index (χ0v) is 9.28. The standard InChI is InChI=1S/C11H10N2O2S/c14-13(15)9-3-4-11-10(6-9)8(7-12-11)2-1-5-16/h1-4,6-7,12,16H,5H2. The van der Waals surface area contributed by atoms with E-state index in [0.29, 0.717) is 5.75 Å². The summed E-state index contributed by atoms with van der Waals surface area (Å²) in [7, 11) is 0. The maximum atomic E-state index is 10.7. The molecule has 1 heterocycles. The van der Waals surface area contributed by atoms with Gasteiger partial charge in [0.15, 0.2) is 0 Å². The zero-order valence-electron chi connectivity index (χ0n) is 8.38. The van der Waals surface area contributed by atoms with Gasteiger partial charge in [-0.1, -0.05) is 12.2 Å². The number of hydrogen-bond donors (Lipinski definition) is 2. The van der Waals surface area contributed by atoms with Gasteiger partial charge in [0.1, 0.15) is 0 Å². The molecule has 1 N–H and O–H groups in total. The Morgan fingerprint density at radius 3 is 3.00 bits per heavy atom. The molecule has 0 fully saturated rings. The van der Waals surface area contributed by atoms with Gasteiger partial charge < -0.3 is 4.98 Å². The van der Waals surface area contributed by atoms with Gasteiger partial charge in [0, 0.05) is 35.0 Å². The van der Waals surface area contributed by atoms with Crippen molar-refractivity contribution in [3.63, 3.8) is 0 Å². The SMILES string of the molecule is O=[N+]([O-])c1ccc2[nH]cc(C=CCS)c2c1. The summed E-state index contributed by atoms with van der Waals surface area (Å²) in [4.78, 5) is 13.3. The number of nitro benzene ring substituents is 1. The number of nitrogens with one attached hydrogen (secondary N) is 1. The summed E-state index contributed by atoms with van der Waals surface area (Å²) in [6, 6.07) is 4.78. The van der Waals surface area contributed by atoms with Gasteiger partial charge in [0.25, 0.3) is 5.69 Å². The van der Waals surface area contributed by atoms with Crippen LogP contribution in [0.5, 0.6) is 0 Å². The summed E-state index contributed by atoms with van der Waals surface area (Å²) in [5.74, 6) is 0.640. The first-order valence-corrected chi connectivity index (χ1v) is 5.38. The Kier molecular flexibility index (Phi) is 2.96. The molecule has 0 radical (unpaired) electrons. The van der Waals surface area contributed by atoms with Crippen LogP contribution >= 0.6 is 12.6 Å². The van der Waals surface area contributed by atoms with Crippen molar-refractivity contribution in [1.29, 1.82) is 0 Å². The third-order valence-corrected chi connectivity index (χ3v) is 2.52. The Bertz CT molecular complexity index is 560. The molecule has 2 rings (SSSR count). The van der Waals surface area contributed by atoms with Crippen molar-refractivity contribution in [1.82, 2.24) is 4.98 Å². The molecule has 4 nitrogen and oxygen atoms in total. The van der Waals surface area contributed by atoms with Crippen LogP contribution in [-0.2, 0) is 0 Å². The average molecular weight is 234 g/mol. The van der Waals surface area contributed by atoms with Crippen molar-refractivity contribution < 1.29 is 4.92 Å². The van der Waals surface area contributed by atoms with E-state index in [2.05, 4.69) is 17.6 Å². The lowest BCUT2D eigenvalue weighted by atomic mass is 10.1. The van der Waals surface area contributed by atoms with E-state index in [9.17, 15) is 10.1 Å². The second kappa shape index (κ2) is 4.40. The summed E-state index contributed by atoms with van der Waals surface area (Å²) in [5.41, 5.74) is 1.93. The molecule has 0 aliphatic carbocycles. The molecule has 0 unspecified atom stereocenters. The Balaban J connectivity index is 2.55. The number of rotatable bonds is 3. The molecule has 0 saturated carbocycles. The molecule has 0 bridgehead atoms. The Hall–Kier alpha value is -1.75. The van der Waals surface area contributed by atoms with Crippen LogP contribution in [0.2, 0.25) is 0 Å². The minimum Gasteiger partial charge on any atom is -0.361 e. The fourth-order valence-corrected chi connectivity index (χ4v) is 1.67. The summed E-state index contributed by atoms with van der Waals surface area (Å²) < 4.78 is 0. The predicted octanol–water partition coefficient (Wildman–Crippen LogP) is 3.02. The summed E-state index contributed by atoms with van der Waals surface area (Å²) in [6.07, 6.45) is 5.62. The van der Waals surface area contributed by atoms with Gasteiger partial charge >= 0.3 is 0 Å². The first-order valence-electron chi connectivity index (χ1n) is 4.75. The van der Waals surface area contributed by atoms with Crippen LogP contribution in [0.4, 0.5) is 5.69 Å². The first-order chi connectivity index (χ1) is 7.72. The van der Waals surface area contributed by atoms with E-state index in [-0.39, 0.29) is 5.69 Å². The second-order valence-corrected chi connectivity index (χ2v) is 3.68. The highest BCUT2D eigenvalue weighted by molar-refractivity contribution is 7.80. The first kappa shape index (κ1) is 10.8. The van der Waals surface area contributed by atoms with Gasteiger partial charge in [-0.25, -0.2) is 0 Å². The van der Waals surface area contributed by atoms with E-state index < -0.39 is 4.92 Å². The minimum atomic E-state index is -0.390. The van der Waals surface area contributed by atoms with Gasteiger partial charge in [-0.15, -0.1) is 0 Å². The van der Waals surface area contributed by atoms with E-state index in [1.165, 1.54) is 6.07 Å². The monoisotopic (exact) mass is 234 g/mol. The van der Waals surface area contributed by atoms with Crippen molar-refractivity contribution in [3.8, 4) is 0 Å². The van der Waals surface area contributed by atoms with Crippen LogP contribution in [0, 0.1) is 10.1 Å². The highest BCUT2D eigenvalue weighted by Crippen LogP contribution is 2.24. The number of hydrogen-bond acceptors (Lipinski definition) is 3. The van der Waals surface area contributed by atoms with Crippen LogP contribution in [0.15, 0.2) is 30.5 Å². The lowest BCUT2D eigenvalue weighted by molar-refractivity contribution is -0.384. The smallest absolute Gasteiger partial charge is 0.270 e. The molecule has 1 aromatic heterocycles. The van der Waals surface area contributed by atoms with Crippen LogP contribution < -0.4 is 0 Å². The molecule has 0 saturated heterocycles. The molecule has 2 aromatic rings. The fourth-order valence-electron chi connectivity index (χ4n) is 1.56. The highest BCUT2D eigenvalue weighted by atomic mass is 32.1. The Labute approximate surface area is 97.5 Å². The normalized spacial score (nSPS) is 11.3. The van der Waals surface area contributed by atoms with Crippen molar-refractivity contribution in [2.24, 2.45) is 0 Å². The van der Waals surface area contributed by atoms with Crippen LogP contribution in [0.1, 0.15) is 5.56 Å². The molecule has 1 aromatic carbocycles. The summed E-state index contributed by atoms with van der Waals surface area (Å²) in [5, 5.41) is 11.5. The van der Waals surface area contributed by atoms with E-state index >= 15 is 0 Å². The molecule has 82 valence electrons. The number of aromatic amines is 1. The number of non-ortho nitro benzene ring substituents is 1. The third kappa shape index (κ3) is 1.94. The Morgan fingerprint density at radius 1 is 1.50 bits per heavy atom. The van der Waals surface area contributed by atoms with Gasteiger partial charge in [-0.3, -0.25) is 10.1 Å². The maximum Gasteiger partial charge on any atom is 0.270 e. The largest absolute Gasteiger partial charge is 0.361 e. The lowest BCUT2D eigenvalue weighted by Crippen LogP contribution is -1.86. The van der Waals surface area contributed by atoms with Crippen LogP contribution in [-0.4, -0.2) is 15.7 Å². The molecule has 0 amide bonds. The van der Waals surface area contributed by atoms with Gasteiger partial charge in [-0.05, 0) is 11.6 Å². The van der Waals surface area contributed by atoms with Crippen molar-refractivity contribution in [3.05, 3.63) is 46.1 Å². The molecule has 0 spiro atoms. The molecule has 0 aliphatic heterocycles. The third-order valence-electron chi connectivity index (χ3n) is 2.31. The molecular formula is C11H10N2O2S. The van der Waals surface area contributed by atoms with Gasteiger partial charge in [-0.2, -0.15) is 12.6 Å². The fraction of sp³-hybridized carbons (Fsp3) is 0.0909. The number of H-pyrrole nitrogens is 1. The molecule has 0 atom stereocenters. The number of fused-ring (bicyclic) bond motifs is 1. The number of nitro groups is 1. The van der Waals surface area contributed by atoms with E-state index in [1.54, 1.807) is 12.1 Å². The zero-order chi connectivity index (χ0) is 11.5. The maximum absolute atomic E-state index is 10.7. The Morgan fingerprint density at radius 2 is 2.31 bits per heavy atom. The molecule has 5 heteroatoms. The predicted molar refractivity (Wildman–Crippen MR) is 67.8 cm³/mol. The van der Waals surface area contributed by atoms with E-state index in [4.69, 9.17) is 0 Å². The summed E-state index contributed by atoms with van der Waals surface area (Å²) >= 11 is 4.07. The summed E-state index contributed by atoms with van der Waals surface area (Å²) in [6.45, 7) is 0. The van der Waals surface area contributed by atoms with Crippen molar-refractivity contribution >= 4 is 35.3 Å². The highest BCUT2D eigenvalue weighted by Gasteiger charge is 2.08. The van der Waals surface area contributed by atoms with Gasteiger partial charge in [0.05, 0.1) is 4.92 Å². The number of aromatic nitrogens is 1. The molecular weight excluding hydrogens is 224 g/mol. The van der Waals surface area contributed by atoms with Crippen LogP contribution in [0.25, 0.3) is 17.0 Å². The lowest BCUT2D eigenvalue weighted by Gasteiger charge is -1.93. The number of nitrogens with zero attached hydrogens (tertiary/aromatic N) is 1. The topological polar surface area (TPSA) is 58.9 Å². The van der Waals surface area contributed by atoms with Crippen molar-refractivity contribution in [2.75, 3.05) is 5.75 Å². The van der Waals surface area contributed by atoms with Crippen LogP contribution in [0.3, 0.4) is 0 Å². The van der Waals surface area contributed by atoms with E-state index in [1.807, 2.05) is 18.3 Å². The molecule has 0 aliphatic rings. The molecule has 16 heavy (non-hydrogen) atoms. The van der Waals surface area contributed by atoms with E-state index in [0.717, 1.165) is 16.5 Å².